The van der Waals surface area contributed by atoms with Crippen LogP contribution in [0.4, 0.5) is 9.18 Å². The van der Waals surface area contributed by atoms with E-state index in [4.69, 9.17) is 4.74 Å². The van der Waals surface area contributed by atoms with Crippen LogP contribution in [0, 0.1) is 11.2 Å². The average molecular weight is 287 g/mol. The molecule has 4 nitrogen and oxygen atoms in total. The zero-order valence-electron chi connectivity index (χ0n) is 11.4. The standard InChI is InChI=1S/C16H14FNO3/c1-10-3-2-4-13-16(10,14(19)21-15(20)18-13)9-11-5-7-12(17)8-6-11/h2-8,13H,9H2,1H3,(H,18,20). The highest BCUT2D eigenvalue weighted by Crippen LogP contribution is 2.41. The lowest BCUT2D eigenvalue weighted by Gasteiger charge is -2.42. The highest BCUT2D eigenvalue weighted by atomic mass is 19.1. The van der Waals surface area contributed by atoms with E-state index in [1.54, 1.807) is 18.2 Å². The fourth-order valence-corrected chi connectivity index (χ4v) is 2.91. The van der Waals surface area contributed by atoms with E-state index < -0.39 is 23.5 Å². The number of ether oxygens (including phenoxy) is 1. The van der Waals surface area contributed by atoms with E-state index in [0.29, 0.717) is 6.42 Å². The minimum Gasteiger partial charge on any atom is -0.376 e. The first kappa shape index (κ1) is 13.5. The van der Waals surface area contributed by atoms with Gasteiger partial charge in [0, 0.05) is 0 Å². The molecule has 108 valence electrons. The molecular weight excluding hydrogens is 273 g/mol. The molecule has 21 heavy (non-hydrogen) atoms. The molecule has 1 amide bonds. The van der Waals surface area contributed by atoms with Crippen molar-refractivity contribution in [1.29, 1.82) is 0 Å². The van der Waals surface area contributed by atoms with Crippen LogP contribution in [0.2, 0.25) is 0 Å². The van der Waals surface area contributed by atoms with E-state index in [1.807, 2.05) is 19.1 Å². The molecule has 1 aliphatic heterocycles. The van der Waals surface area contributed by atoms with Crippen molar-refractivity contribution in [2.75, 3.05) is 0 Å². The van der Waals surface area contributed by atoms with Crippen molar-refractivity contribution in [2.45, 2.75) is 19.4 Å². The molecule has 0 saturated carbocycles. The van der Waals surface area contributed by atoms with E-state index in [0.717, 1.165) is 11.1 Å². The third-order valence-electron chi connectivity index (χ3n) is 4.10. The molecule has 5 heteroatoms. The minimum absolute atomic E-state index is 0.330. The third-order valence-corrected chi connectivity index (χ3v) is 4.10. The topological polar surface area (TPSA) is 55.4 Å². The van der Waals surface area contributed by atoms with Gasteiger partial charge in [-0.2, -0.15) is 0 Å². The van der Waals surface area contributed by atoms with Gasteiger partial charge in [-0.15, -0.1) is 0 Å². The Bertz CT molecular complexity index is 663. The summed E-state index contributed by atoms with van der Waals surface area (Å²) in [6.45, 7) is 1.83. The number of cyclic esters (lactones) is 2. The molecule has 2 atom stereocenters. The molecule has 0 aromatic heterocycles. The average Bonchev–Trinajstić information content (AvgIpc) is 2.44. The van der Waals surface area contributed by atoms with Crippen LogP contribution < -0.4 is 5.32 Å². The Kier molecular flexibility index (Phi) is 3.12. The summed E-state index contributed by atoms with van der Waals surface area (Å²) < 4.78 is 17.8. The van der Waals surface area contributed by atoms with Gasteiger partial charge in [-0.3, -0.25) is 4.79 Å². The number of fused-ring (bicyclic) bond motifs is 1. The number of hydrogen-bond acceptors (Lipinski definition) is 3. The fourth-order valence-electron chi connectivity index (χ4n) is 2.91. The monoisotopic (exact) mass is 287 g/mol. The predicted molar refractivity (Wildman–Crippen MR) is 73.8 cm³/mol. The molecule has 1 saturated heterocycles. The van der Waals surface area contributed by atoms with Crippen molar-refractivity contribution in [3.05, 3.63) is 59.4 Å². The Balaban J connectivity index is 2.02. The number of hydrogen-bond donors (Lipinski definition) is 1. The minimum atomic E-state index is -0.972. The van der Waals surface area contributed by atoms with Crippen molar-refractivity contribution in [2.24, 2.45) is 5.41 Å². The van der Waals surface area contributed by atoms with Crippen LogP contribution >= 0.6 is 0 Å². The molecular formula is C16H14FNO3. The van der Waals surface area contributed by atoms with Crippen molar-refractivity contribution < 1.29 is 18.7 Å². The van der Waals surface area contributed by atoms with E-state index in [9.17, 15) is 14.0 Å². The molecule has 0 bridgehead atoms. The van der Waals surface area contributed by atoms with Crippen molar-refractivity contribution in [1.82, 2.24) is 5.32 Å². The maximum atomic E-state index is 13.0. The summed E-state index contributed by atoms with van der Waals surface area (Å²) in [4.78, 5) is 23.8. The Morgan fingerprint density at radius 2 is 2.00 bits per heavy atom. The summed E-state index contributed by atoms with van der Waals surface area (Å²) in [6, 6.07) is 5.52. The quantitative estimate of drug-likeness (QED) is 0.671. The van der Waals surface area contributed by atoms with Crippen LogP contribution in [-0.2, 0) is 16.0 Å². The van der Waals surface area contributed by atoms with Crippen LogP contribution in [0.1, 0.15) is 12.5 Å². The first-order valence-corrected chi connectivity index (χ1v) is 6.65. The molecule has 1 aromatic carbocycles. The van der Waals surface area contributed by atoms with E-state index >= 15 is 0 Å². The van der Waals surface area contributed by atoms with Gasteiger partial charge in [-0.1, -0.05) is 35.9 Å². The van der Waals surface area contributed by atoms with Crippen LogP contribution in [0.3, 0.4) is 0 Å². The van der Waals surface area contributed by atoms with Gasteiger partial charge in [-0.25, -0.2) is 9.18 Å². The molecule has 0 spiro atoms. The van der Waals surface area contributed by atoms with E-state index in [2.05, 4.69) is 5.32 Å². The van der Waals surface area contributed by atoms with Gasteiger partial charge in [0.2, 0.25) is 0 Å². The number of carbonyl (C=O) groups excluding carboxylic acids is 2. The lowest BCUT2D eigenvalue weighted by molar-refractivity contribution is -0.151. The first-order valence-electron chi connectivity index (χ1n) is 6.65. The largest absolute Gasteiger partial charge is 0.415 e. The summed E-state index contributed by atoms with van der Waals surface area (Å²) in [5.74, 6) is -0.901. The number of amides is 1. The summed E-state index contributed by atoms with van der Waals surface area (Å²) in [7, 11) is 0. The van der Waals surface area contributed by atoms with Gasteiger partial charge in [0.1, 0.15) is 11.2 Å². The molecule has 1 fully saturated rings. The van der Waals surface area contributed by atoms with Gasteiger partial charge < -0.3 is 10.1 Å². The summed E-state index contributed by atoms with van der Waals surface area (Å²) >= 11 is 0. The Hall–Kier alpha value is -2.43. The fraction of sp³-hybridized carbons (Fsp3) is 0.250. The molecule has 1 N–H and O–H groups in total. The number of alkyl carbamates (subject to hydrolysis) is 1. The van der Waals surface area contributed by atoms with Crippen LogP contribution in [0.25, 0.3) is 0 Å². The molecule has 2 aliphatic rings. The second kappa shape index (κ2) is 4.84. The Morgan fingerprint density at radius 3 is 2.71 bits per heavy atom. The number of allylic oxidation sites excluding steroid dienone is 2. The maximum Gasteiger partial charge on any atom is 0.415 e. The summed E-state index contributed by atoms with van der Waals surface area (Å²) in [6.07, 6.45) is 5.01. The second-order valence-corrected chi connectivity index (χ2v) is 5.31. The SMILES string of the molecule is CC1=CC=CC2NC(=O)OC(=O)C12Cc1ccc(F)cc1. The molecule has 1 heterocycles. The van der Waals surface area contributed by atoms with Gasteiger partial charge in [-0.05, 0) is 31.0 Å². The molecule has 3 rings (SSSR count). The molecule has 1 aromatic rings. The normalized spacial score (nSPS) is 27.5. The van der Waals surface area contributed by atoms with Crippen molar-refractivity contribution >= 4 is 12.1 Å². The lowest BCUT2D eigenvalue weighted by atomic mass is 9.67. The van der Waals surface area contributed by atoms with Crippen molar-refractivity contribution in [3.63, 3.8) is 0 Å². The van der Waals surface area contributed by atoms with Crippen LogP contribution in [0.15, 0.2) is 48.1 Å². The molecule has 1 aliphatic carbocycles. The molecule has 2 unspecified atom stereocenters. The highest BCUT2D eigenvalue weighted by Gasteiger charge is 2.53. The molecule has 0 radical (unpaired) electrons. The second-order valence-electron chi connectivity index (χ2n) is 5.31. The Morgan fingerprint density at radius 1 is 1.29 bits per heavy atom. The lowest BCUT2D eigenvalue weighted by Crippen LogP contribution is -2.59. The number of halogens is 1. The Labute approximate surface area is 121 Å². The van der Waals surface area contributed by atoms with E-state index in [1.165, 1.54) is 12.1 Å². The summed E-state index contributed by atoms with van der Waals surface area (Å²) in [5, 5.41) is 2.67. The third kappa shape index (κ3) is 2.14. The van der Waals surface area contributed by atoms with Gasteiger partial charge >= 0.3 is 12.1 Å². The zero-order valence-corrected chi connectivity index (χ0v) is 11.4. The van der Waals surface area contributed by atoms with Crippen molar-refractivity contribution in [3.8, 4) is 0 Å². The van der Waals surface area contributed by atoms with Gasteiger partial charge in [0.25, 0.3) is 0 Å². The number of benzene rings is 1. The predicted octanol–water partition coefficient (Wildman–Crippen LogP) is 2.51. The highest BCUT2D eigenvalue weighted by molar-refractivity contribution is 5.95. The number of nitrogens with one attached hydrogen (secondary N) is 1. The van der Waals surface area contributed by atoms with Gasteiger partial charge in [0.15, 0.2) is 0 Å². The maximum absolute atomic E-state index is 13.0. The van der Waals surface area contributed by atoms with Crippen LogP contribution in [-0.4, -0.2) is 18.1 Å². The van der Waals surface area contributed by atoms with Crippen LogP contribution in [0.5, 0.6) is 0 Å². The first-order chi connectivity index (χ1) is 10.0. The summed E-state index contributed by atoms with van der Waals surface area (Å²) in [5.41, 5.74) is 0.641. The van der Waals surface area contributed by atoms with Gasteiger partial charge in [0.05, 0.1) is 6.04 Å². The number of carbonyl (C=O) groups is 2. The number of esters is 1. The number of rotatable bonds is 2. The zero-order chi connectivity index (χ0) is 15.0. The smallest absolute Gasteiger partial charge is 0.376 e. The van der Waals surface area contributed by atoms with E-state index in [-0.39, 0.29) is 5.82 Å².